The maximum atomic E-state index is 13.5. The maximum Gasteiger partial charge on any atom is 0.258 e. The number of piperidine rings is 1. The van der Waals surface area contributed by atoms with Gasteiger partial charge in [-0.2, -0.15) is 15.3 Å². The number of likely N-dealkylation sites (tertiary alicyclic amines) is 4. The van der Waals surface area contributed by atoms with E-state index in [9.17, 15) is 28.8 Å². The molecule has 0 aliphatic carbocycles. The predicted octanol–water partition coefficient (Wildman–Crippen LogP) is 11.6. The highest BCUT2D eigenvalue weighted by Crippen LogP contribution is 2.38. The molecule has 9 aromatic heterocycles. The van der Waals surface area contributed by atoms with Gasteiger partial charge in [0.2, 0.25) is 17.7 Å². The van der Waals surface area contributed by atoms with Crippen molar-refractivity contribution in [3.63, 3.8) is 0 Å². The Kier molecular flexibility index (Phi) is 25.0. The van der Waals surface area contributed by atoms with Gasteiger partial charge in [0.1, 0.15) is 32.3 Å². The smallest absolute Gasteiger partial charge is 0.258 e. The molecule has 34 heteroatoms. The molecule has 18 rings (SSSR count). The number of carbonyl (C=O) groups is 6. The summed E-state index contributed by atoms with van der Waals surface area (Å²) in [5.41, 5.74) is 10.7. The number of amides is 6. The van der Waals surface area contributed by atoms with E-state index in [0.29, 0.717) is 119 Å². The van der Waals surface area contributed by atoms with Gasteiger partial charge in [-0.1, -0.05) is 23.8 Å². The van der Waals surface area contributed by atoms with E-state index in [-0.39, 0.29) is 55.1 Å². The minimum Gasteiger partial charge on any atom is -0.367 e. The summed E-state index contributed by atoms with van der Waals surface area (Å²) in [5, 5.41) is 43.9. The Hall–Kier alpha value is -11.2. The third kappa shape index (κ3) is 18.3. The number of anilines is 3. The molecule has 3 aromatic carbocycles. The third-order valence-corrected chi connectivity index (χ3v) is 26.3. The zero-order chi connectivity index (χ0) is 83.1. The Bertz CT molecular complexity index is 5560. The molecule has 4 saturated heterocycles. The number of ether oxygens (including phenoxy) is 3. The molecule has 0 spiro atoms. The fourth-order valence-electron chi connectivity index (χ4n) is 16.5. The van der Waals surface area contributed by atoms with Crippen LogP contribution in [0, 0.1) is 13.8 Å². The second-order valence-corrected chi connectivity index (χ2v) is 34.0. The highest BCUT2D eigenvalue weighted by atomic mass is 35.5. The first-order chi connectivity index (χ1) is 58.3. The van der Waals surface area contributed by atoms with Crippen LogP contribution in [0.4, 0.5) is 17.1 Å². The number of benzene rings is 3. The van der Waals surface area contributed by atoms with E-state index >= 15 is 0 Å². The molecule has 6 amide bonds. The first-order valence-electron chi connectivity index (χ1n) is 39.9. The average molecular weight is 1700 g/mol. The van der Waals surface area contributed by atoms with Gasteiger partial charge in [0.15, 0.2) is 16.8 Å². The highest BCUT2D eigenvalue weighted by molar-refractivity contribution is 7.11. The largest absolute Gasteiger partial charge is 0.367 e. The van der Waals surface area contributed by atoms with Crippen LogP contribution in [-0.4, -0.2) is 262 Å². The second-order valence-electron chi connectivity index (χ2n) is 30.9. The SMILES string of the molecule is COC1(C(=O)Nc2ccc3[nH]nc(-c4ccnc(C)c4)c3c2)CCN(CC(=O)N2CC=C(c3nccs3)CC2)C1.COC1(C(=O)Nc2ccc3[nH]nc(-c4ccnc(C)c4)c3c2)CCN(CC(=O)N2CCC(c3nccs3)CC2)C1.CO[C@@]1(C(=O)Nc2ccc3[nH]nc(-c4ccnc(Cl)c4)c3c2)CCN(CC(=O)N2CC=C(c3nccs3)CC2)C1. The predicted molar refractivity (Wildman–Crippen MR) is 464 cm³/mol. The molecule has 2 unspecified atom stereocenters. The highest BCUT2D eigenvalue weighted by Gasteiger charge is 2.49. The van der Waals surface area contributed by atoms with Crippen molar-refractivity contribution in [1.29, 1.82) is 0 Å². The Morgan fingerprint density at radius 3 is 1.18 bits per heavy atom. The number of methoxy groups -OCH3 is 3. The number of aryl methyl sites for hydroxylation is 2. The number of carbonyl (C=O) groups excluding carboxylic acids is 6. The van der Waals surface area contributed by atoms with E-state index in [1.807, 2.05) is 151 Å². The molecule has 6 aliphatic heterocycles. The summed E-state index contributed by atoms with van der Waals surface area (Å²) < 4.78 is 17.4. The van der Waals surface area contributed by atoms with Crippen LogP contribution in [-0.2, 0) is 43.0 Å². The van der Waals surface area contributed by atoms with E-state index in [1.165, 1.54) is 11.1 Å². The zero-order valence-electron chi connectivity index (χ0n) is 67.1. The number of aromatic amines is 3. The first-order valence-corrected chi connectivity index (χ1v) is 42.9. The van der Waals surface area contributed by atoms with Crippen LogP contribution >= 0.6 is 45.6 Å². The van der Waals surface area contributed by atoms with Crippen LogP contribution < -0.4 is 16.0 Å². The number of nitrogens with one attached hydrogen (secondary N) is 6. The number of nitrogens with zero attached hydrogens (tertiary/aromatic N) is 15. The van der Waals surface area contributed by atoms with Crippen molar-refractivity contribution in [3.05, 3.63) is 188 Å². The summed E-state index contributed by atoms with van der Waals surface area (Å²) in [5.74, 6) is -0.0141. The van der Waals surface area contributed by atoms with Crippen molar-refractivity contribution in [2.24, 2.45) is 0 Å². The third-order valence-electron chi connectivity index (χ3n) is 23.4. The Morgan fingerprint density at radius 2 is 0.833 bits per heavy atom. The normalized spacial score (nSPS) is 19.9. The van der Waals surface area contributed by atoms with E-state index in [0.717, 1.165) is 126 Å². The van der Waals surface area contributed by atoms with Crippen LogP contribution in [0.15, 0.2) is 156 Å². The van der Waals surface area contributed by atoms with E-state index in [4.69, 9.17) is 25.8 Å². The summed E-state index contributed by atoms with van der Waals surface area (Å²) in [6, 6.07) is 28.3. The standard InChI is InChI=1S/C29H33N7O3S.C29H31N7O3S.C28H28ClN7O3S/c2*1-19-15-21(5-9-30-19)26-23-16-22(3-4-24(23)33-34-26)32-28(38)29(39-2)8-13-35(18-29)17-25(37)36-11-6-20(7-12-36)27-31-10-14-40-27;1-39-28(7-12-35(17-28)16-24(37)36-10-5-18(6-11-36)26-31-9-13-40-26)27(38)32-20-2-3-22-21(15-20)25(34-33-22)19-4-8-30-23(29)14-19/h3-5,9-10,14-16,20H,6-8,11-13,17-18H2,1-2H3,(H,32,38)(H,33,34);3-6,9-10,14-16H,7-8,11-13,17-18H2,1-2H3,(H,32,38)(H,33,34);2-5,8-9,13-15H,6-7,10-12,16-17H2,1H3,(H,32,38)(H,33,34)/t;;28-/m..0/s1. The lowest BCUT2D eigenvalue weighted by Crippen LogP contribution is -2.48. The van der Waals surface area contributed by atoms with Gasteiger partial charge in [-0.15, -0.1) is 34.0 Å². The van der Waals surface area contributed by atoms with Gasteiger partial charge < -0.3 is 44.9 Å². The molecule has 120 heavy (non-hydrogen) atoms. The van der Waals surface area contributed by atoms with Gasteiger partial charge in [-0.25, -0.2) is 19.9 Å². The number of rotatable bonds is 21. The maximum absolute atomic E-state index is 13.5. The van der Waals surface area contributed by atoms with Gasteiger partial charge in [0.05, 0.1) is 41.2 Å². The molecular weight excluding hydrogens is 1600 g/mol. The minimum absolute atomic E-state index is 0.0518. The van der Waals surface area contributed by atoms with E-state index < -0.39 is 16.8 Å². The van der Waals surface area contributed by atoms with Crippen molar-refractivity contribution in [3.8, 4) is 33.8 Å². The van der Waals surface area contributed by atoms with E-state index in [2.05, 4.69) is 88.6 Å². The fourth-order valence-corrected chi connectivity index (χ4v) is 19.0. The topological polar surface area (TPSA) is 349 Å². The van der Waals surface area contributed by atoms with Crippen LogP contribution in [0.25, 0.3) is 77.6 Å². The van der Waals surface area contributed by atoms with Gasteiger partial charge in [0, 0.05) is 220 Å². The number of thiazole rings is 3. The van der Waals surface area contributed by atoms with Gasteiger partial charge in [-0.05, 0) is 161 Å². The zero-order valence-corrected chi connectivity index (χ0v) is 70.3. The van der Waals surface area contributed by atoms with Crippen LogP contribution in [0.3, 0.4) is 0 Å². The molecular formula is C86H92ClN21O9S3. The van der Waals surface area contributed by atoms with Crippen molar-refractivity contribution in [1.82, 2.24) is 89.9 Å². The van der Waals surface area contributed by atoms with Crippen LogP contribution in [0.1, 0.15) is 77.3 Å². The second kappa shape index (κ2) is 36.4. The lowest BCUT2D eigenvalue weighted by Gasteiger charge is -2.32. The monoisotopic (exact) mass is 1690 g/mol. The van der Waals surface area contributed by atoms with Crippen LogP contribution in [0.5, 0.6) is 0 Å². The van der Waals surface area contributed by atoms with Gasteiger partial charge in [-0.3, -0.25) is 68.7 Å². The van der Waals surface area contributed by atoms with Crippen molar-refractivity contribution < 1.29 is 43.0 Å². The number of H-pyrrole nitrogens is 3. The molecule has 3 atom stereocenters. The molecule has 0 saturated carbocycles. The summed E-state index contributed by atoms with van der Waals surface area (Å²) in [6.45, 7) is 11.5. The minimum atomic E-state index is -1.05. The lowest BCUT2D eigenvalue weighted by molar-refractivity contribution is -0.138. The average Bonchev–Trinajstić information content (AvgIpc) is 1.61. The van der Waals surface area contributed by atoms with Gasteiger partial charge in [0.25, 0.3) is 17.7 Å². The number of halogens is 1. The Morgan fingerprint density at radius 1 is 0.450 bits per heavy atom. The molecule has 6 N–H and O–H groups in total. The fraction of sp³-hybridized carbons (Fsp3) is 0.360. The number of pyridine rings is 3. The van der Waals surface area contributed by atoms with Crippen molar-refractivity contribution in [2.75, 3.05) is 135 Å². The first kappa shape index (κ1) is 82.5. The Labute approximate surface area is 709 Å². The Balaban J connectivity index is 0.000000134. The summed E-state index contributed by atoms with van der Waals surface area (Å²) in [7, 11) is 4.67. The van der Waals surface area contributed by atoms with E-state index in [1.54, 1.807) is 92.4 Å². The number of hydrogen-bond acceptors (Lipinski definition) is 24. The van der Waals surface area contributed by atoms with Gasteiger partial charge >= 0.3 is 0 Å². The summed E-state index contributed by atoms with van der Waals surface area (Å²) >= 11 is 11.0. The van der Waals surface area contributed by atoms with Crippen LogP contribution in [0.2, 0.25) is 5.15 Å². The number of aromatic nitrogens is 12. The number of fused-ring (bicyclic) bond motifs is 3. The molecule has 4 fully saturated rings. The van der Waals surface area contributed by atoms with Crippen molar-refractivity contribution in [2.45, 2.75) is 81.5 Å². The summed E-state index contributed by atoms with van der Waals surface area (Å²) in [6.07, 6.45) is 19.8. The number of hydrogen-bond donors (Lipinski definition) is 6. The molecule has 15 heterocycles. The molecule has 12 aromatic rings. The molecule has 620 valence electrons. The molecule has 0 bridgehead atoms. The van der Waals surface area contributed by atoms with Crippen molar-refractivity contribution >= 4 is 142 Å². The quantitative estimate of drug-likeness (QED) is 0.0364. The lowest BCUT2D eigenvalue weighted by atomic mass is 9.97. The summed E-state index contributed by atoms with van der Waals surface area (Å²) in [4.78, 5) is 117. The molecule has 0 radical (unpaired) electrons. The molecule has 6 aliphatic rings. The molecule has 30 nitrogen and oxygen atoms in total.